The molecule has 1 aliphatic heterocycles. The quantitative estimate of drug-likeness (QED) is 0.920. The molecule has 21 heavy (non-hydrogen) atoms. The Morgan fingerprint density at radius 3 is 3.00 bits per heavy atom. The third-order valence-corrected chi connectivity index (χ3v) is 4.28. The number of aryl methyl sites for hydroxylation is 1. The highest BCUT2D eigenvalue weighted by Gasteiger charge is 2.24. The molecule has 114 valence electrons. The summed E-state index contributed by atoms with van der Waals surface area (Å²) < 4.78 is 5.53. The predicted molar refractivity (Wildman–Crippen MR) is 84.9 cm³/mol. The largest absolute Gasteiger partial charge is 0.459 e. The molecule has 1 aliphatic rings. The molecular formula is C14H18ClN3O2S. The first-order valence-electron chi connectivity index (χ1n) is 6.70. The fraction of sp³-hybridized carbons (Fsp3) is 0.429. The smallest absolute Gasteiger partial charge is 0.273 e. The van der Waals surface area contributed by atoms with Gasteiger partial charge >= 0.3 is 0 Å². The van der Waals surface area contributed by atoms with Gasteiger partial charge < -0.3 is 15.1 Å². The lowest BCUT2D eigenvalue weighted by Gasteiger charge is -2.30. The topological polar surface area (TPSA) is 72.4 Å². The van der Waals surface area contributed by atoms with E-state index in [0.29, 0.717) is 18.0 Å². The minimum Gasteiger partial charge on any atom is -0.459 e. The summed E-state index contributed by atoms with van der Waals surface area (Å²) >= 11 is 1.43. The molecule has 1 fully saturated rings. The van der Waals surface area contributed by atoms with Crippen LogP contribution in [0.15, 0.2) is 21.9 Å². The summed E-state index contributed by atoms with van der Waals surface area (Å²) in [6.45, 7) is 3.27. The minimum atomic E-state index is -0.0362. The van der Waals surface area contributed by atoms with Crippen molar-refractivity contribution in [3.05, 3.63) is 29.0 Å². The second-order valence-electron chi connectivity index (χ2n) is 5.10. The third kappa shape index (κ3) is 3.45. The molecule has 2 N–H and O–H groups in total. The number of furan rings is 1. The van der Waals surface area contributed by atoms with Gasteiger partial charge in [0.15, 0.2) is 10.8 Å². The number of hydrogen-bond donors (Lipinski definition) is 1. The number of amides is 1. The number of hydrogen-bond acceptors (Lipinski definition) is 5. The predicted octanol–water partition coefficient (Wildman–Crippen LogP) is 2.70. The molecule has 2 aromatic heterocycles. The van der Waals surface area contributed by atoms with Crippen LogP contribution in [0.1, 0.15) is 29.1 Å². The van der Waals surface area contributed by atoms with Gasteiger partial charge in [-0.25, -0.2) is 4.98 Å². The van der Waals surface area contributed by atoms with Gasteiger partial charge in [-0.1, -0.05) is 0 Å². The Kier molecular flexibility index (Phi) is 5.03. The van der Waals surface area contributed by atoms with Crippen molar-refractivity contribution in [1.29, 1.82) is 0 Å². The van der Waals surface area contributed by atoms with Crippen molar-refractivity contribution in [2.75, 3.05) is 13.1 Å². The fourth-order valence-electron chi connectivity index (χ4n) is 2.39. The van der Waals surface area contributed by atoms with E-state index in [-0.39, 0.29) is 24.4 Å². The number of nitrogens with two attached hydrogens (primary N) is 1. The molecule has 0 spiro atoms. The number of nitrogens with zero attached hydrogens (tertiary/aromatic N) is 2. The number of likely N-dealkylation sites (tertiary alicyclic amines) is 1. The van der Waals surface area contributed by atoms with Crippen LogP contribution in [0, 0.1) is 6.92 Å². The first-order valence-corrected chi connectivity index (χ1v) is 7.58. The van der Waals surface area contributed by atoms with E-state index in [2.05, 4.69) is 4.98 Å². The first kappa shape index (κ1) is 16.0. The standard InChI is InChI=1S/C14H17N3O2S.ClH/c1-9-4-5-12(19-9)13-16-11(8-20-13)14(18)17-6-2-3-10(15)7-17;/h4-5,8,10H,2-3,6-7,15H2,1H3;1H. The average Bonchev–Trinajstić information content (AvgIpc) is 3.06. The van der Waals surface area contributed by atoms with E-state index < -0.39 is 0 Å². The Labute approximate surface area is 133 Å². The van der Waals surface area contributed by atoms with E-state index in [1.54, 1.807) is 10.3 Å². The molecule has 1 unspecified atom stereocenters. The summed E-state index contributed by atoms with van der Waals surface area (Å²) in [6, 6.07) is 3.85. The number of aromatic nitrogens is 1. The average molecular weight is 328 g/mol. The summed E-state index contributed by atoms with van der Waals surface area (Å²) in [7, 11) is 0. The molecule has 3 rings (SSSR count). The van der Waals surface area contributed by atoms with Crippen LogP contribution < -0.4 is 5.73 Å². The zero-order valence-electron chi connectivity index (χ0n) is 11.7. The second-order valence-corrected chi connectivity index (χ2v) is 5.96. The van der Waals surface area contributed by atoms with Crippen molar-refractivity contribution < 1.29 is 9.21 Å². The van der Waals surface area contributed by atoms with Crippen molar-refractivity contribution in [3.63, 3.8) is 0 Å². The van der Waals surface area contributed by atoms with Gasteiger partial charge in [0, 0.05) is 24.5 Å². The van der Waals surface area contributed by atoms with Gasteiger partial charge in [-0.05, 0) is 31.9 Å². The van der Waals surface area contributed by atoms with Gasteiger partial charge in [0.05, 0.1) is 0 Å². The molecule has 1 atom stereocenters. The van der Waals surface area contributed by atoms with Crippen LogP contribution >= 0.6 is 23.7 Å². The maximum atomic E-state index is 12.4. The van der Waals surface area contributed by atoms with Gasteiger partial charge in [0.2, 0.25) is 0 Å². The van der Waals surface area contributed by atoms with Crippen molar-refractivity contribution in [3.8, 4) is 10.8 Å². The molecule has 1 saturated heterocycles. The molecule has 7 heteroatoms. The molecule has 5 nitrogen and oxygen atoms in total. The fourth-order valence-corrected chi connectivity index (χ4v) is 3.14. The lowest BCUT2D eigenvalue weighted by molar-refractivity contribution is 0.0704. The Balaban J connectivity index is 0.00000161. The highest BCUT2D eigenvalue weighted by molar-refractivity contribution is 7.13. The number of carbonyl (C=O) groups is 1. The third-order valence-electron chi connectivity index (χ3n) is 3.42. The van der Waals surface area contributed by atoms with Crippen molar-refractivity contribution in [2.45, 2.75) is 25.8 Å². The summed E-state index contributed by atoms with van der Waals surface area (Å²) in [4.78, 5) is 18.6. The van der Waals surface area contributed by atoms with Crippen molar-refractivity contribution >= 4 is 29.7 Å². The number of rotatable bonds is 2. The van der Waals surface area contributed by atoms with E-state index in [1.807, 2.05) is 19.1 Å². The van der Waals surface area contributed by atoms with Gasteiger partial charge in [-0.15, -0.1) is 23.7 Å². The van der Waals surface area contributed by atoms with E-state index in [0.717, 1.165) is 30.2 Å². The molecule has 0 radical (unpaired) electrons. The lowest BCUT2D eigenvalue weighted by Crippen LogP contribution is -2.45. The number of thiazole rings is 1. The first-order chi connectivity index (χ1) is 9.63. The van der Waals surface area contributed by atoms with Crippen LogP contribution in [0.25, 0.3) is 10.8 Å². The molecule has 2 aromatic rings. The molecular weight excluding hydrogens is 310 g/mol. The number of carbonyl (C=O) groups excluding carboxylic acids is 1. The van der Waals surface area contributed by atoms with Crippen LogP contribution in [0.3, 0.4) is 0 Å². The zero-order chi connectivity index (χ0) is 14.1. The van der Waals surface area contributed by atoms with Gasteiger partial charge in [0.25, 0.3) is 5.91 Å². The maximum Gasteiger partial charge on any atom is 0.273 e. The Morgan fingerprint density at radius 2 is 2.33 bits per heavy atom. The van der Waals surface area contributed by atoms with E-state index >= 15 is 0 Å². The molecule has 0 aliphatic carbocycles. The van der Waals surface area contributed by atoms with E-state index in [9.17, 15) is 4.79 Å². The summed E-state index contributed by atoms with van der Waals surface area (Å²) in [6.07, 6.45) is 1.94. The Hall–Kier alpha value is -1.37. The Morgan fingerprint density at radius 1 is 1.52 bits per heavy atom. The van der Waals surface area contributed by atoms with Crippen LogP contribution in [-0.4, -0.2) is 34.9 Å². The zero-order valence-corrected chi connectivity index (χ0v) is 13.4. The Bertz CT molecular complexity index is 625. The van der Waals surface area contributed by atoms with Gasteiger partial charge in [-0.3, -0.25) is 4.79 Å². The van der Waals surface area contributed by atoms with E-state index in [1.165, 1.54) is 11.3 Å². The molecule has 1 amide bonds. The normalized spacial score (nSPS) is 18.4. The minimum absolute atomic E-state index is 0. The van der Waals surface area contributed by atoms with Crippen molar-refractivity contribution in [1.82, 2.24) is 9.88 Å². The highest BCUT2D eigenvalue weighted by Crippen LogP contribution is 2.26. The van der Waals surface area contributed by atoms with Crippen LogP contribution in [-0.2, 0) is 0 Å². The van der Waals surface area contributed by atoms with Crippen LogP contribution in [0.2, 0.25) is 0 Å². The molecule has 0 saturated carbocycles. The van der Waals surface area contributed by atoms with Crippen LogP contribution in [0.5, 0.6) is 0 Å². The SMILES string of the molecule is Cc1ccc(-c2nc(C(=O)N3CCCC(N)C3)cs2)o1.Cl. The summed E-state index contributed by atoms with van der Waals surface area (Å²) in [5.41, 5.74) is 6.39. The number of piperidine rings is 1. The van der Waals surface area contributed by atoms with Crippen LogP contribution in [0.4, 0.5) is 0 Å². The maximum absolute atomic E-state index is 12.4. The van der Waals surface area contributed by atoms with Gasteiger partial charge in [0.1, 0.15) is 11.5 Å². The summed E-state index contributed by atoms with van der Waals surface area (Å²) in [5.74, 6) is 1.51. The summed E-state index contributed by atoms with van der Waals surface area (Å²) in [5, 5.41) is 2.53. The monoisotopic (exact) mass is 327 g/mol. The molecule has 3 heterocycles. The highest BCUT2D eigenvalue weighted by atomic mass is 35.5. The molecule has 0 bridgehead atoms. The van der Waals surface area contributed by atoms with Crippen molar-refractivity contribution in [2.24, 2.45) is 5.73 Å². The van der Waals surface area contributed by atoms with Gasteiger partial charge in [-0.2, -0.15) is 0 Å². The lowest BCUT2D eigenvalue weighted by atomic mass is 10.1. The molecule has 0 aromatic carbocycles. The van der Waals surface area contributed by atoms with E-state index in [4.69, 9.17) is 10.2 Å². The second kappa shape index (κ2) is 6.60. The number of halogens is 1.